The molecular formula is C15H25N3O3. The molecule has 0 amide bonds. The monoisotopic (exact) mass is 295 g/mol. The van der Waals surface area contributed by atoms with Crippen LogP contribution in [0, 0.1) is 5.41 Å². The molecule has 2 rings (SSSR count). The van der Waals surface area contributed by atoms with Crippen molar-refractivity contribution in [3.05, 3.63) is 18.0 Å². The Morgan fingerprint density at radius 1 is 1.38 bits per heavy atom. The summed E-state index contributed by atoms with van der Waals surface area (Å²) in [7, 11) is 1.69. The normalized spacial score (nSPS) is 17.9. The van der Waals surface area contributed by atoms with E-state index in [0.29, 0.717) is 12.6 Å². The smallest absolute Gasteiger partial charge is 0.330 e. The molecule has 0 N–H and O–H groups in total. The first kappa shape index (κ1) is 16.0. The average molecular weight is 295 g/mol. The number of carbonyl (C=O) groups excluding carboxylic acids is 1. The molecule has 0 aliphatic carbocycles. The fraction of sp³-hybridized carbons (Fsp3) is 0.733. The SMILES string of the molecule is COCc1ccnn1C1CCN(OC(=O)C(C)(C)C)CC1. The maximum absolute atomic E-state index is 11.9. The van der Waals surface area contributed by atoms with Crippen molar-refractivity contribution in [3.63, 3.8) is 0 Å². The first-order chi connectivity index (χ1) is 9.91. The third-order valence-corrected chi connectivity index (χ3v) is 3.64. The highest BCUT2D eigenvalue weighted by Gasteiger charge is 2.29. The number of rotatable bonds is 4. The van der Waals surface area contributed by atoms with E-state index in [1.165, 1.54) is 0 Å². The Labute approximate surface area is 126 Å². The van der Waals surface area contributed by atoms with Crippen LogP contribution in [-0.4, -0.2) is 41.0 Å². The summed E-state index contributed by atoms with van der Waals surface area (Å²) in [6.07, 6.45) is 3.63. The predicted octanol–water partition coefficient (Wildman–Crippen LogP) is 2.17. The van der Waals surface area contributed by atoms with E-state index in [1.807, 2.05) is 31.5 Å². The van der Waals surface area contributed by atoms with Gasteiger partial charge in [0.15, 0.2) is 0 Å². The molecule has 0 spiro atoms. The van der Waals surface area contributed by atoms with Crippen molar-refractivity contribution in [2.24, 2.45) is 5.41 Å². The van der Waals surface area contributed by atoms with E-state index in [0.717, 1.165) is 31.6 Å². The number of nitrogens with zero attached hydrogens (tertiary/aromatic N) is 3. The lowest BCUT2D eigenvalue weighted by molar-refractivity contribution is -0.205. The van der Waals surface area contributed by atoms with Gasteiger partial charge in [0, 0.05) is 26.4 Å². The van der Waals surface area contributed by atoms with Gasteiger partial charge in [-0.05, 0) is 39.7 Å². The summed E-state index contributed by atoms with van der Waals surface area (Å²) in [5.41, 5.74) is 0.618. The molecule has 21 heavy (non-hydrogen) atoms. The van der Waals surface area contributed by atoms with E-state index in [9.17, 15) is 4.79 Å². The maximum atomic E-state index is 11.9. The van der Waals surface area contributed by atoms with Crippen molar-refractivity contribution >= 4 is 5.97 Å². The molecule has 1 fully saturated rings. The lowest BCUT2D eigenvalue weighted by atomic mass is 9.98. The third kappa shape index (κ3) is 4.04. The van der Waals surface area contributed by atoms with Crippen molar-refractivity contribution in [3.8, 4) is 0 Å². The molecule has 1 saturated heterocycles. The zero-order valence-corrected chi connectivity index (χ0v) is 13.3. The molecule has 2 heterocycles. The number of carbonyl (C=O) groups is 1. The Bertz CT molecular complexity index is 471. The summed E-state index contributed by atoms with van der Waals surface area (Å²) in [5.74, 6) is -0.180. The maximum Gasteiger partial charge on any atom is 0.330 e. The van der Waals surface area contributed by atoms with Crippen molar-refractivity contribution < 1.29 is 14.4 Å². The molecule has 1 aromatic heterocycles. The van der Waals surface area contributed by atoms with Crippen LogP contribution in [0.1, 0.15) is 45.3 Å². The Balaban J connectivity index is 1.88. The van der Waals surface area contributed by atoms with E-state index in [2.05, 4.69) is 5.10 Å². The van der Waals surface area contributed by atoms with Gasteiger partial charge in [0.25, 0.3) is 0 Å². The van der Waals surface area contributed by atoms with Crippen LogP contribution in [0.2, 0.25) is 0 Å². The Hall–Kier alpha value is -1.40. The van der Waals surface area contributed by atoms with Gasteiger partial charge < -0.3 is 9.57 Å². The Morgan fingerprint density at radius 3 is 2.62 bits per heavy atom. The molecule has 6 nitrogen and oxygen atoms in total. The lowest BCUT2D eigenvalue weighted by Crippen LogP contribution is -2.39. The summed E-state index contributed by atoms with van der Waals surface area (Å²) in [6.45, 7) is 7.63. The van der Waals surface area contributed by atoms with E-state index in [4.69, 9.17) is 9.57 Å². The van der Waals surface area contributed by atoms with Gasteiger partial charge in [-0.15, -0.1) is 5.06 Å². The van der Waals surface area contributed by atoms with Crippen LogP contribution in [0.3, 0.4) is 0 Å². The Kier molecular flexibility index (Phi) is 5.00. The standard InChI is InChI=1S/C15H25N3O3/c1-15(2,3)14(19)21-17-9-6-12(7-10-17)18-13(11-20-4)5-8-16-18/h5,8,12H,6-7,9-11H2,1-4H3. The number of hydrogen-bond donors (Lipinski definition) is 0. The predicted molar refractivity (Wildman–Crippen MR) is 78.3 cm³/mol. The molecule has 0 saturated carbocycles. The molecule has 0 unspecified atom stereocenters. The van der Waals surface area contributed by atoms with Crippen LogP contribution in [-0.2, 0) is 21.0 Å². The van der Waals surface area contributed by atoms with Gasteiger partial charge in [-0.3, -0.25) is 4.68 Å². The minimum Gasteiger partial charge on any atom is -0.378 e. The number of methoxy groups -OCH3 is 1. The molecule has 0 aromatic carbocycles. The second-order valence-corrected chi connectivity index (χ2v) is 6.49. The highest BCUT2D eigenvalue weighted by Crippen LogP contribution is 2.25. The van der Waals surface area contributed by atoms with Gasteiger partial charge in [0.2, 0.25) is 0 Å². The van der Waals surface area contributed by atoms with E-state index >= 15 is 0 Å². The van der Waals surface area contributed by atoms with Crippen LogP contribution in [0.25, 0.3) is 0 Å². The fourth-order valence-corrected chi connectivity index (χ4v) is 2.36. The number of hydroxylamine groups is 2. The van der Waals surface area contributed by atoms with Gasteiger partial charge in [-0.1, -0.05) is 0 Å². The van der Waals surface area contributed by atoms with Crippen LogP contribution in [0.5, 0.6) is 0 Å². The van der Waals surface area contributed by atoms with Gasteiger partial charge >= 0.3 is 5.97 Å². The van der Waals surface area contributed by atoms with Crippen LogP contribution in [0.15, 0.2) is 12.3 Å². The number of hydrogen-bond acceptors (Lipinski definition) is 5. The Morgan fingerprint density at radius 2 is 2.05 bits per heavy atom. The van der Waals surface area contributed by atoms with E-state index < -0.39 is 5.41 Å². The van der Waals surface area contributed by atoms with Crippen molar-refractivity contribution in [2.45, 2.75) is 46.3 Å². The zero-order chi connectivity index (χ0) is 15.5. The van der Waals surface area contributed by atoms with Crippen molar-refractivity contribution in [2.75, 3.05) is 20.2 Å². The van der Waals surface area contributed by atoms with Gasteiger partial charge in [0.1, 0.15) is 0 Å². The highest BCUT2D eigenvalue weighted by atomic mass is 16.7. The minimum absolute atomic E-state index is 0.180. The molecule has 6 heteroatoms. The summed E-state index contributed by atoms with van der Waals surface area (Å²) in [4.78, 5) is 17.3. The van der Waals surface area contributed by atoms with E-state index in [-0.39, 0.29) is 5.97 Å². The molecule has 0 radical (unpaired) electrons. The third-order valence-electron chi connectivity index (χ3n) is 3.64. The molecule has 1 aliphatic rings. The van der Waals surface area contributed by atoms with Gasteiger partial charge in [-0.25, -0.2) is 4.79 Å². The van der Waals surface area contributed by atoms with Gasteiger partial charge in [-0.2, -0.15) is 5.10 Å². The first-order valence-corrected chi connectivity index (χ1v) is 7.40. The summed E-state index contributed by atoms with van der Waals surface area (Å²) >= 11 is 0. The van der Waals surface area contributed by atoms with Crippen molar-refractivity contribution in [1.29, 1.82) is 0 Å². The second-order valence-electron chi connectivity index (χ2n) is 6.49. The number of aromatic nitrogens is 2. The summed E-state index contributed by atoms with van der Waals surface area (Å²) < 4.78 is 7.22. The number of ether oxygens (including phenoxy) is 1. The van der Waals surface area contributed by atoms with Crippen LogP contribution in [0.4, 0.5) is 0 Å². The van der Waals surface area contributed by atoms with Crippen LogP contribution >= 0.6 is 0 Å². The zero-order valence-electron chi connectivity index (χ0n) is 13.3. The molecule has 118 valence electrons. The first-order valence-electron chi connectivity index (χ1n) is 7.40. The second kappa shape index (κ2) is 6.58. The summed E-state index contributed by atoms with van der Waals surface area (Å²) in [5, 5.41) is 6.16. The van der Waals surface area contributed by atoms with Crippen molar-refractivity contribution in [1.82, 2.24) is 14.8 Å². The topological polar surface area (TPSA) is 56.6 Å². The van der Waals surface area contributed by atoms with Gasteiger partial charge in [0.05, 0.1) is 23.8 Å². The lowest BCUT2D eigenvalue weighted by Gasteiger charge is -2.32. The van der Waals surface area contributed by atoms with Crippen LogP contribution < -0.4 is 0 Å². The fourth-order valence-electron chi connectivity index (χ4n) is 2.36. The molecule has 0 atom stereocenters. The highest BCUT2D eigenvalue weighted by molar-refractivity contribution is 5.75. The molecule has 1 aliphatic heterocycles. The quantitative estimate of drug-likeness (QED) is 0.852. The number of piperidine rings is 1. The molecular weight excluding hydrogens is 270 g/mol. The average Bonchev–Trinajstić information content (AvgIpc) is 2.87. The molecule has 1 aromatic rings. The summed E-state index contributed by atoms with van der Waals surface area (Å²) in [6, 6.07) is 2.32. The minimum atomic E-state index is -0.468. The molecule has 0 bridgehead atoms. The largest absolute Gasteiger partial charge is 0.378 e. The van der Waals surface area contributed by atoms with E-state index in [1.54, 1.807) is 18.4 Å².